The highest BCUT2D eigenvalue weighted by atomic mass is 16.7. The number of likely N-dealkylation sites (N-methyl/N-ethyl adjacent to an activating group) is 2. The quantitative estimate of drug-likeness (QED) is 0.238. The van der Waals surface area contributed by atoms with Gasteiger partial charge in [0.25, 0.3) is 0 Å². The van der Waals surface area contributed by atoms with Crippen LogP contribution in [-0.2, 0) is 33.2 Å². The Bertz CT molecular complexity index is 1140. The smallest absolute Gasteiger partial charge is 0.311 e. The molecule has 0 saturated carbocycles. The van der Waals surface area contributed by atoms with Gasteiger partial charge in [-0.15, -0.1) is 0 Å². The van der Waals surface area contributed by atoms with Crippen molar-refractivity contribution >= 4 is 5.97 Å². The molecule has 3 aliphatic heterocycles. The fourth-order valence-corrected chi connectivity index (χ4v) is 8.74. The summed E-state index contributed by atoms with van der Waals surface area (Å²) in [5.74, 6) is -2.58. The van der Waals surface area contributed by atoms with Crippen LogP contribution in [0.1, 0.15) is 94.9 Å². The van der Waals surface area contributed by atoms with Crippen LogP contribution >= 0.6 is 0 Å². The van der Waals surface area contributed by atoms with Crippen molar-refractivity contribution in [2.24, 2.45) is 17.8 Å². The van der Waals surface area contributed by atoms with Gasteiger partial charge in [-0.1, -0.05) is 20.8 Å². The summed E-state index contributed by atoms with van der Waals surface area (Å²) in [6.07, 6.45) is -8.19. The summed E-state index contributed by atoms with van der Waals surface area (Å²) in [5, 5.41) is 58.1. The zero-order valence-corrected chi connectivity index (χ0v) is 34.2. The molecular formula is C38H72N2O12. The number of rotatable bonds is 7. The van der Waals surface area contributed by atoms with E-state index < -0.39 is 96.0 Å². The van der Waals surface area contributed by atoms with Crippen LogP contribution in [0.25, 0.3) is 0 Å². The van der Waals surface area contributed by atoms with Crippen molar-refractivity contribution in [1.82, 2.24) is 9.80 Å². The van der Waals surface area contributed by atoms with Crippen LogP contribution in [0.3, 0.4) is 0 Å². The second-order valence-corrected chi connectivity index (χ2v) is 17.2. The lowest BCUT2D eigenvalue weighted by molar-refractivity contribution is -0.318. The summed E-state index contributed by atoms with van der Waals surface area (Å²) >= 11 is 0. The number of hydrogen-bond acceptors (Lipinski definition) is 14. The Hall–Kier alpha value is -1.01. The van der Waals surface area contributed by atoms with Gasteiger partial charge in [-0.2, -0.15) is 0 Å². The second-order valence-electron chi connectivity index (χ2n) is 17.2. The maximum absolute atomic E-state index is 14.2. The first-order valence-corrected chi connectivity index (χ1v) is 19.1. The lowest BCUT2D eigenvalue weighted by Crippen LogP contribution is -2.60. The minimum Gasteiger partial charge on any atom is -0.459 e. The molecule has 0 aromatic carbocycles. The Labute approximate surface area is 312 Å². The van der Waals surface area contributed by atoms with Gasteiger partial charge in [0.2, 0.25) is 0 Å². The largest absolute Gasteiger partial charge is 0.459 e. The van der Waals surface area contributed by atoms with E-state index in [1.807, 2.05) is 51.7 Å². The van der Waals surface area contributed by atoms with Crippen LogP contribution < -0.4 is 0 Å². The molecule has 0 spiro atoms. The third-order valence-electron chi connectivity index (χ3n) is 12.2. The standard InChI is InChI=1S/C38H72N2O12/c1-15-27-38(10,46)31(42)24(6)40(13)19-20(2)17-36(8,45)33(52-35-29(41)26(39(11)12)16-21(3)48-35)22(4)30(23(5)34(44)50-27)51-28-18-37(9,47-14)32(43)25(7)49-28/h20-33,35,41-43,45-46H,15-19H2,1-14H3/t20-,21-,22?,23-,24-,25+,26+,27-,28+,29-,30+,31-,32+,33-,35+,36-,37-,38-/m1/s1. The molecule has 0 radical (unpaired) electrons. The molecule has 0 aromatic heterocycles. The number of esters is 1. The van der Waals surface area contributed by atoms with Crippen LogP contribution in [0.5, 0.6) is 0 Å². The van der Waals surface area contributed by atoms with E-state index in [-0.39, 0.29) is 37.3 Å². The van der Waals surface area contributed by atoms with Crippen molar-refractivity contribution in [2.75, 3.05) is 34.8 Å². The first kappa shape index (κ1) is 45.4. The number of ether oxygens (including phenoxy) is 6. The van der Waals surface area contributed by atoms with Gasteiger partial charge in [-0.3, -0.25) is 4.79 Å². The molecule has 1 unspecified atom stereocenters. The van der Waals surface area contributed by atoms with E-state index in [2.05, 4.69) is 0 Å². The van der Waals surface area contributed by atoms with Gasteiger partial charge < -0.3 is 63.8 Å². The van der Waals surface area contributed by atoms with Crippen LogP contribution in [0.4, 0.5) is 0 Å². The number of cyclic esters (lactones) is 1. The van der Waals surface area contributed by atoms with Gasteiger partial charge in [0.15, 0.2) is 12.6 Å². The molecule has 0 aliphatic carbocycles. The van der Waals surface area contributed by atoms with E-state index in [0.29, 0.717) is 13.0 Å². The number of carbonyl (C=O) groups excluding carboxylic acids is 1. The van der Waals surface area contributed by atoms with Gasteiger partial charge in [0.1, 0.15) is 30.0 Å². The molecular weight excluding hydrogens is 676 g/mol. The predicted octanol–water partition coefficient (Wildman–Crippen LogP) is 1.90. The summed E-state index contributed by atoms with van der Waals surface area (Å²) < 4.78 is 37.5. The molecule has 3 rings (SSSR count). The summed E-state index contributed by atoms with van der Waals surface area (Å²) in [4.78, 5) is 18.0. The van der Waals surface area contributed by atoms with Gasteiger partial charge in [-0.25, -0.2) is 0 Å². The first-order valence-electron chi connectivity index (χ1n) is 19.1. The van der Waals surface area contributed by atoms with E-state index in [1.165, 1.54) is 14.0 Å². The van der Waals surface area contributed by atoms with Crippen molar-refractivity contribution in [3.05, 3.63) is 0 Å². The van der Waals surface area contributed by atoms with E-state index in [1.54, 1.807) is 41.5 Å². The maximum atomic E-state index is 14.2. The van der Waals surface area contributed by atoms with Crippen molar-refractivity contribution < 1.29 is 58.7 Å². The third kappa shape index (κ3) is 10.0. The molecule has 18 atom stereocenters. The van der Waals surface area contributed by atoms with Crippen molar-refractivity contribution in [2.45, 2.75) is 185 Å². The molecule has 306 valence electrons. The maximum Gasteiger partial charge on any atom is 0.311 e. The van der Waals surface area contributed by atoms with E-state index >= 15 is 0 Å². The highest BCUT2D eigenvalue weighted by Crippen LogP contribution is 2.40. The molecule has 0 bridgehead atoms. The molecule has 3 saturated heterocycles. The Balaban J connectivity index is 2.17. The minimum atomic E-state index is -1.80. The van der Waals surface area contributed by atoms with Crippen molar-refractivity contribution in [3.8, 4) is 0 Å². The second kappa shape index (κ2) is 17.8. The summed E-state index contributed by atoms with van der Waals surface area (Å²) in [5.41, 5.74) is -4.37. The fraction of sp³-hybridized carbons (Fsp3) is 0.974. The number of carbonyl (C=O) groups is 1. The van der Waals surface area contributed by atoms with Gasteiger partial charge in [0, 0.05) is 38.1 Å². The fourth-order valence-electron chi connectivity index (χ4n) is 8.74. The Morgan fingerprint density at radius 3 is 2.12 bits per heavy atom. The van der Waals surface area contributed by atoms with E-state index in [0.717, 1.165) is 0 Å². The summed E-state index contributed by atoms with van der Waals surface area (Å²) in [7, 11) is 7.12. The van der Waals surface area contributed by atoms with Crippen molar-refractivity contribution in [3.63, 3.8) is 0 Å². The number of aliphatic hydroxyl groups excluding tert-OH is 3. The average molecular weight is 749 g/mol. The first-order chi connectivity index (χ1) is 23.9. The average Bonchev–Trinajstić information content (AvgIpc) is 3.05. The lowest BCUT2D eigenvalue weighted by Gasteiger charge is -2.48. The molecule has 3 aliphatic rings. The molecule has 14 nitrogen and oxygen atoms in total. The minimum absolute atomic E-state index is 0.133. The summed E-state index contributed by atoms with van der Waals surface area (Å²) in [6.45, 7) is 18.0. The molecule has 3 fully saturated rings. The van der Waals surface area contributed by atoms with Gasteiger partial charge in [-0.05, 0) is 94.8 Å². The predicted molar refractivity (Wildman–Crippen MR) is 194 cm³/mol. The van der Waals surface area contributed by atoms with E-state index in [9.17, 15) is 30.3 Å². The Morgan fingerprint density at radius 1 is 0.942 bits per heavy atom. The van der Waals surface area contributed by atoms with E-state index in [4.69, 9.17) is 28.4 Å². The highest BCUT2D eigenvalue weighted by molar-refractivity contribution is 5.73. The normalized spacial score (nSPS) is 49.6. The third-order valence-corrected chi connectivity index (χ3v) is 12.2. The van der Waals surface area contributed by atoms with Gasteiger partial charge in [0.05, 0.1) is 41.5 Å². The molecule has 0 amide bonds. The molecule has 3 heterocycles. The number of nitrogens with zero attached hydrogens (tertiary/aromatic N) is 2. The van der Waals surface area contributed by atoms with Crippen LogP contribution in [0.2, 0.25) is 0 Å². The molecule has 52 heavy (non-hydrogen) atoms. The lowest BCUT2D eigenvalue weighted by atomic mass is 9.77. The topological polar surface area (TPSA) is 180 Å². The monoisotopic (exact) mass is 749 g/mol. The number of hydrogen-bond donors (Lipinski definition) is 5. The van der Waals surface area contributed by atoms with Crippen molar-refractivity contribution in [1.29, 1.82) is 0 Å². The highest BCUT2D eigenvalue weighted by Gasteiger charge is 2.52. The Morgan fingerprint density at radius 2 is 1.56 bits per heavy atom. The zero-order valence-electron chi connectivity index (χ0n) is 34.2. The van der Waals surface area contributed by atoms with Gasteiger partial charge >= 0.3 is 5.97 Å². The Kier molecular flexibility index (Phi) is 15.6. The number of methoxy groups -OCH3 is 1. The summed E-state index contributed by atoms with van der Waals surface area (Å²) in [6, 6.07) is -0.808. The molecule has 14 heteroatoms. The SMILES string of the molecule is CC[C@H]1OC(=O)[C@H](C)[C@@H](O[C@H]2C[C@@](C)(OC)[C@@H](O)[C@H](C)O2)C(C)[C@@H](O[C@@H]2O[C@H](C)C[C@H](N(C)C)[C@H]2O)[C@](C)(O)C[C@@H](C)CN(C)[C@H](C)[C@@H](O)[C@]1(C)O. The molecule has 5 N–H and O–H groups in total. The van der Waals surface area contributed by atoms with Crippen LogP contribution in [0, 0.1) is 17.8 Å². The van der Waals surface area contributed by atoms with Crippen LogP contribution in [-0.4, -0.2) is 166 Å². The molecule has 0 aromatic rings. The van der Waals surface area contributed by atoms with Crippen LogP contribution in [0.15, 0.2) is 0 Å². The zero-order chi connectivity index (χ0) is 39.7. The number of aliphatic hydroxyl groups is 5.